The van der Waals surface area contributed by atoms with Gasteiger partial charge >= 0.3 is 5.97 Å². The van der Waals surface area contributed by atoms with Crippen molar-refractivity contribution in [2.24, 2.45) is 0 Å². The summed E-state index contributed by atoms with van der Waals surface area (Å²) >= 11 is 1.72. The van der Waals surface area contributed by atoms with Crippen LogP contribution in [0.25, 0.3) is 0 Å². The van der Waals surface area contributed by atoms with Gasteiger partial charge in [-0.25, -0.2) is 0 Å². The molecule has 0 aliphatic heterocycles. The largest absolute Gasteiger partial charge is 0.466 e. The molecule has 5 heteroatoms. The van der Waals surface area contributed by atoms with Crippen molar-refractivity contribution in [2.75, 3.05) is 26.7 Å². The number of likely N-dealkylation sites (N-methyl/N-ethyl adjacent to an activating group) is 1. The molecule has 1 aromatic rings. The van der Waals surface area contributed by atoms with Crippen LogP contribution in [0.3, 0.4) is 0 Å². The molecule has 18 heavy (non-hydrogen) atoms. The predicted octanol–water partition coefficient (Wildman–Crippen LogP) is 1.74. The fraction of sp³-hybridized carbons (Fsp3) is 0.538. The van der Waals surface area contributed by atoms with Crippen LogP contribution in [0.2, 0.25) is 0 Å². The van der Waals surface area contributed by atoms with E-state index in [1.807, 2.05) is 23.4 Å². The third-order valence-corrected chi connectivity index (χ3v) is 3.35. The van der Waals surface area contributed by atoms with Crippen LogP contribution in [0, 0.1) is 0 Å². The van der Waals surface area contributed by atoms with Gasteiger partial charge in [0.1, 0.15) is 6.42 Å². The van der Waals surface area contributed by atoms with Crippen molar-refractivity contribution in [1.82, 2.24) is 4.90 Å². The Labute approximate surface area is 112 Å². The molecule has 0 fully saturated rings. The summed E-state index contributed by atoms with van der Waals surface area (Å²) in [6.07, 6.45) is 0.804. The van der Waals surface area contributed by atoms with Gasteiger partial charge in [0.05, 0.1) is 13.2 Å². The highest BCUT2D eigenvalue weighted by Crippen LogP contribution is 2.09. The maximum Gasteiger partial charge on any atom is 0.313 e. The SMILES string of the molecule is CCOC(=O)CC(=O)CN(C)CCc1cccs1. The summed E-state index contributed by atoms with van der Waals surface area (Å²) in [7, 11) is 1.89. The van der Waals surface area contributed by atoms with E-state index < -0.39 is 5.97 Å². The maximum absolute atomic E-state index is 11.6. The molecule has 0 atom stereocenters. The summed E-state index contributed by atoms with van der Waals surface area (Å²) in [6, 6.07) is 4.10. The number of rotatable bonds is 8. The quantitative estimate of drug-likeness (QED) is 0.533. The average Bonchev–Trinajstić information content (AvgIpc) is 2.79. The lowest BCUT2D eigenvalue weighted by Gasteiger charge is -2.14. The van der Waals surface area contributed by atoms with Crippen LogP contribution in [-0.4, -0.2) is 43.4 Å². The Morgan fingerprint density at radius 3 is 2.83 bits per heavy atom. The third kappa shape index (κ3) is 5.93. The molecule has 0 radical (unpaired) electrons. The molecular weight excluding hydrogens is 250 g/mol. The van der Waals surface area contributed by atoms with Gasteiger partial charge in [-0.1, -0.05) is 6.07 Å². The van der Waals surface area contributed by atoms with Crippen LogP contribution in [0.4, 0.5) is 0 Å². The molecule has 1 heterocycles. The summed E-state index contributed by atoms with van der Waals surface area (Å²) in [6.45, 7) is 3.16. The maximum atomic E-state index is 11.6. The van der Waals surface area contributed by atoms with E-state index in [4.69, 9.17) is 4.74 Å². The molecule has 0 bridgehead atoms. The summed E-state index contributed by atoms with van der Waals surface area (Å²) in [5.41, 5.74) is 0. The van der Waals surface area contributed by atoms with E-state index in [1.165, 1.54) is 4.88 Å². The fourth-order valence-corrected chi connectivity index (χ4v) is 2.26. The minimum absolute atomic E-state index is 0.0953. The van der Waals surface area contributed by atoms with E-state index in [-0.39, 0.29) is 12.2 Å². The highest BCUT2D eigenvalue weighted by atomic mass is 32.1. The van der Waals surface area contributed by atoms with Crippen LogP contribution in [0.5, 0.6) is 0 Å². The number of Topliss-reactive ketones (excluding diaryl/α,β-unsaturated/α-hetero) is 1. The number of nitrogens with zero attached hydrogens (tertiary/aromatic N) is 1. The highest BCUT2D eigenvalue weighted by Gasteiger charge is 2.12. The molecule has 1 rings (SSSR count). The Kier molecular flexibility index (Phi) is 6.60. The first kappa shape index (κ1) is 14.9. The number of carbonyl (C=O) groups is 2. The lowest BCUT2D eigenvalue weighted by molar-refractivity contribution is -0.145. The van der Waals surface area contributed by atoms with Crippen LogP contribution in [0.15, 0.2) is 17.5 Å². The summed E-state index contributed by atoms with van der Waals surface area (Å²) in [5, 5.41) is 2.04. The number of ketones is 1. The zero-order valence-electron chi connectivity index (χ0n) is 10.8. The second-order valence-corrected chi connectivity index (χ2v) is 5.12. The minimum atomic E-state index is -0.436. The summed E-state index contributed by atoms with van der Waals surface area (Å²) in [5.74, 6) is -0.531. The molecule has 1 aromatic heterocycles. The zero-order chi connectivity index (χ0) is 13.4. The van der Waals surface area contributed by atoms with Crippen molar-refractivity contribution >= 4 is 23.1 Å². The standard InChI is InChI=1S/C13H19NO3S/c1-3-17-13(16)9-11(15)10-14(2)7-6-12-5-4-8-18-12/h4-5,8H,3,6-7,9-10H2,1-2H3. The van der Waals surface area contributed by atoms with Gasteiger partial charge < -0.3 is 4.74 Å². The first-order valence-corrected chi connectivity index (χ1v) is 6.88. The predicted molar refractivity (Wildman–Crippen MR) is 71.8 cm³/mol. The van der Waals surface area contributed by atoms with Gasteiger partial charge in [0.25, 0.3) is 0 Å². The highest BCUT2D eigenvalue weighted by molar-refractivity contribution is 7.09. The summed E-state index contributed by atoms with van der Waals surface area (Å²) < 4.78 is 4.74. The van der Waals surface area contributed by atoms with E-state index in [0.29, 0.717) is 13.2 Å². The van der Waals surface area contributed by atoms with Gasteiger partial charge in [0.15, 0.2) is 5.78 Å². The second kappa shape index (κ2) is 8.00. The van der Waals surface area contributed by atoms with Crippen molar-refractivity contribution in [3.63, 3.8) is 0 Å². The molecule has 0 amide bonds. The Hall–Kier alpha value is -1.20. The van der Waals surface area contributed by atoms with E-state index in [0.717, 1.165) is 13.0 Å². The van der Waals surface area contributed by atoms with Crippen molar-refractivity contribution in [2.45, 2.75) is 19.8 Å². The topological polar surface area (TPSA) is 46.6 Å². The summed E-state index contributed by atoms with van der Waals surface area (Å²) in [4.78, 5) is 25.9. The number of hydrogen-bond donors (Lipinski definition) is 0. The van der Waals surface area contributed by atoms with Crippen molar-refractivity contribution in [3.05, 3.63) is 22.4 Å². The first-order chi connectivity index (χ1) is 8.61. The van der Waals surface area contributed by atoms with Gasteiger partial charge in [-0.05, 0) is 31.8 Å². The second-order valence-electron chi connectivity index (χ2n) is 4.09. The van der Waals surface area contributed by atoms with Gasteiger partial charge in [0.2, 0.25) is 0 Å². The van der Waals surface area contributed by atoms with Gasteiger partial charge in [-0.3, -0.25) is 14.5 Å². The molecule has 0 unspecified atom stereocenters. The molecule has 0 saturated heterocycles. The molecule has 0 spiro atoms. The van der Waals surface area contributed by atoms with E-state index >= 15 is 0 Å². The molecule has 0 aliphatic rings. The number of hydrogen-bond acceptors (Lipinski definition) is 5. The fourth-order valence-electron chi connectivity index (χ4n) is 1.56. The molecule has 0 aliphatic carbocycles. The van der Waals surface area contributed by atoms with Crippen LogP contribution < -0.4 is 0 Å². The molecule has 0 aromatic carbocycles. The Morgan fingerprint density at radius 1 is 1.44 bits per heavy atom. The van der Waals surface area contributed by atoms with Crippen molar-refractivity contribution < 1.29 is 14.3 Å². The van der Waals surface area contributed by atoms with Crippen LogP contribution in [0.1, 0.15) is 18.2 Å². The molecule has 100 valence electrons. The molecular formula is C13H19NO3S. The number of thiophene rings is 1. The number of esters is 1. The Bertz CT molecular complexity index is 376. The monoisotopic (exact) mass is 269 g/mol. The number of carbonyl (C=O) groups excluding carboxylic acids is 2. The Balaban J connectivity index is 2.20. The number of ether oxygens (including phenoxy) is 1. The van der Waals surface area contributed by atoms with E-state index in [1.54, 1.807) is 18.3 Å². The van der Waals surface area contributed by atoms with E-state index in [2.05, 4.69) is 6.07 Å². The minimum Gasteiger partial charge on any atom is -0.466 e. The first-order valence-electron chi connectivity index (χ1n) is 6.00. The average molecular weight is 269 g/mol. The molecule has 4 nitrogen and oxygen atoms in total. The van der Waals surface area contributed by atoms with Crippen molar-refractivity contribution in [3.8, 4) is 0 Å². The van der Waals surface area contributed by atoms with Gasteiger partial charge in [0, 0.05) is 11.4 Å². The smallest absolute Gasteiger partial charge is 0.313 e. The normalized spacial score (nSPS) is 10.6. The van der Waals surface area contributed by atoms with Crippen molar-refractivity contribution in [1.29, 1.82) is 0 Å². The van der Waals surface area contributed by atoms with Gasteiger partial charge in [-0.15, -0.1) is 11.3 Å². The zero-order valence-corrected chi connectivity index (χ0v) is 11.7. The van der Waals surface area contributed by atoms with Crippen LogP contribution >= 0.6 is 11.3 Å². The third-order valence-electron chi connectivity index (χ3n) is 2.41. The Morgan fingerprint density at radius 2 is 2.22 bits per heavy atom. The van der Waals surface area contributed by atoms with Crippen LogP contribution in [-0.2, 0) is 20.7 Å². The lowest BCUT2D eigenvalue weighted by atomic mass is 10.2. The lowest BCUT2D eigenvalue weighted by Crippen LogP contribution is -2.29. The van der Waals surface area contributed by atoms with E-state index in [9.17, 15) is 9.59 Å². The van der Waals surface area contributed by atoms with Gasteiger partial charge in [-0.2, -0.15) is 0 Å². The molecule has 0 saturated carbocycles. The molecule has 0 N–H and O–H groups in total.